The molecule has 1 aliphatic carbocycles. The Hall–Kier alpha value is -2.24. The quantitative estimate of drug-likeness (QED) is 0.821. The fourth-order valence-electron chi connectivity index (χ4n) is 3.89. The van der Waals surface area contributed by atoms with E-state index in [0.717, 1.165) is 37.7 Å². The van der Waals surface area contributed by atoms with Gasteiger partial charge in [0.25, 0.3) is 0 Å². The minimum absolute atomic E-state index is 0.161. The van der Waals surface area contributed by atoms with Gasteiger partial charge in [0, 0.05) is 6.42 Å². The third kappa shape index (κ3) is 4.06. The molecule has 3 rings (SSSR count). The second-order valence-corrected chi connectivity index (χ2v) is 7.12. The molecule has 134 valence electrons. The van der Waals surface area contributed by atoms with Crippen molar-refractivity contribution in [3.05, 3.63) is 35.6 Å². The van der Waals surface area contributed by atoms with Gasteiger partial charge in [-0.05, 0) is 43.4 Å². The summed E-state index contributed by atoms with van der Waals surface area (Å²) in [5.41, 5.74) is 0.175. The maximum Gasteiger partial charge on any atom is 0.249 e. The van der Waals surface area contributed by atoms with Crippen LogP contribution in [-0.4, -0.2) is 23.8 Å². The molecule has 1 saturated heterocycles. The zero-order chi connectivity index (χ0) is 17.9. The van der Waals surface area contributed by atoms with Crippen molar-refractivity contribution in [3.8, 4) is 0 Å². The summed E-state index contributed by atoms with van der Waals surface area (Å²) in [6.07, 6.45) is 5.43. The number of rotatable bonds is 4. The first-order valence-electron chi connectivity index (χ1n) is 8.88. The minimum Gasteiger partial charge on any atom is -0.344 e. The Balaban J connectivity index is 1.76. The number of imide groups is 1. The molecule has 3 amide bonds. The Kier molecular flexibility index (Phi) is 5.16. The van der Waals surface area contributed by atoms with E-state index < -0.39 is 17.4 Å². The van der Waals surface area contributed by atoms with Gasteiger partial charge in [0.1, 0.15) is 11.9 Å². The van der Waals surface area contributed by atoms with E-state index in [-0.39, 0.29) is 24.1 Å². The fourth-order valence-corrected chi connectivity index (χ4v) is 3.89. The molecule has 2 fully saturated rings. The average Bonchev–Trinajstić information content (AvgIpc) is 2.58. The number of amides is 3. The molecule has 1 aromatic carbocycles. The highest BCUT2D eigenvalue weighted by atomic mass is 19.1. The number of hydrogen-bond acceptors (Lipinski definition) is 3. The van der Waals surface area contributed by atoms with Crippen molar-refractivity contribution < 1.29 is 18.8 Å². The Bertz CT molecular complexity index is 683. The van der Waals surface area contributed by atoms with Gasteiger partial charge in [0.05, 0.1) is 5.41 Å². The number of carbonyl (C=O) groups is 3. The van der Waals surface area contributed by atoms with Crippen LogP contribution >= 0.6 is 0 Å². The van der Waals surface area contributed by atoms with Gasteiger partial charge in [-0.3, -0.25) is 19.7 Å². The van der Waals surface area contributed by atoms with Gasteiger partial charge in [-0.25, -0.2) is 4.39 Å². The first kappa shape index (κ1) is 17.6. The third-order valence-corrected chi connectivity index (χ3v) is 5.27. The zero-order valence-corrected chi connectivity index (χ0v) is 14.1. The largest absolute Gasteiger partial charge is 0.344 e. The second-order valence-electron chi connectivity index (χ2n) is 7.12. The van der Waals surface area contributed by atoms with Crippen LogP contribution in [0.2, 0.25) is 0 Å². The number of piperidine rings is 1. The maximum absolute atomic E-state index is 13.5. The van der Waals surface area contributed by atoms with Crippen LogP contribution in [0, 0.1) is 11.2 Å². The van der Waals surface area contributed by atoms with Crippen molar-refractivity contribution in [2.45, 2.75) is 57.4 Å². The van der Waals surface area contributed by atoms with Crippen LogP contribution in [0.4, 0.5) is 4.39 Å². The molecular weight excluding hydrogens is 323 g/mol. The number of benzene rings is 1. The lowest BCUT2D eigenvalue weighted by atomic mass is 9.69. The molecule has 25 heavy (non-hydrogen) atoms. The molecule has 1 saturated carbocycles. The summed E-state index contributed by atoms with van der Waals surface area (Å²) >= 11 is 0. The molecule has 0 unspecified atom stereocenters. The predicted octanol–water partition coefficient (Wildman–Crippen LogP) is 2.24. The smallest absolute Gasteiger partial charge is 0.249 e. The lowest BCUT2D eigenvalue weighted by Crippen LogP contribution is -2.56. The highest BCUT2D eigenvalue weighted by Crippen LogP contribution is 2.40. The average molecular weight is 346 g/mol. The van der Waals surface area contributed by atoms with Crippen molar-refractivity contribution in [2.75, 3.05) is 0 Å². The first-order valence-corrected chi connectivity index (χ1v) is 8.88. The van der Waals surface area contributed by atoms with Crippen molar-refractivity contribution in [3.63, 3.8) is 0 Å². The summed E-state index contributed by atoms with van der Waals surface area (Å²) in [6.45, 7) is 0. The summed E-state index contributed by atoms with van der Waals surface area (Å²) in [7, 11) is 0. The van der Waals surface area contributed by atoms with Crippen molar-refractivity contribution in [1.29, 1.82) is 0 Å². The lowest BCUT2D eigenvalue weighted by Gasteiger charge is -2.37. The summed E-state index contributed by atoms with van der Waals surface area (Å²) in [5, 5.41) is 5.10. The molecule has 2 aliphatic rings. The van der Waals surface area contributed by atoms with E-state index in [4.69, 9.17) is 0 Å². The van der Waals surface area contributed by atoms with Crippen LogP contribution in [0.15, 0.2) is 24.3 Å². The normalized spacial score (nSPS) is 23.0. The number of halogens is 1. The van der Waals surface area contributed by atoms with Gasteiger partial charge in [0.2, 0.25) is 17.7 Å². The van der Waals surface area contributed by atoms with Gasteiger partial charge < -0.3 is 5.32 Å². The standard InChI is InChI=1S/C19H23FN2O3/c20-14-6-4-5-13(11-14)12-19(9-2-1-3-10-19)18(25)21-15-7-8-16(23)22-17(15)24/h4-6,11,15H,1-3,7-10,12H2,(H,21,25)(H,22,23,24)/t15-/m1/s1. The molecule has 2 N–H and O–H groups in total. The molecule has 5 nitrogen and oxygen atoms in total. The minimum atomic E-state index is -0.670. The fraction of sp³-hybridized carbons (Fsp3) is 0.526. The second kappa shape index (κ2) is 7.33. The molecule has 1 aromatic rings. The van der Waals surface area contributed by atoms with Gasteiger partial charge in [-0.2, -0.15) is 0 Å². The highest BCUT2D eigenvalue weighted by Gasteiger charge is 2.41. The van der Waals surface area contributed by atoms with Crippen LogP contribution in [0.3, 0.4) is 0 Å². The van der Waals surface area contributed by atoms with Crippen LogP contribution in [-0.2, 0) is 20.8 Å². The lowest BCUT2D eigenvalue weighted by molar-refractivity contribution is -0.141. The molecule has 1 aliphatic heterocycles. The van der Waals surface area contributed by atoms with Crippen molar-refractivity contribution in [1.82, 2.24) is 10.6 Å². The van der Waals surface area contributed by atoms with E-state index in [9.17, 15) is 18.8 Å². The Morgan fingerprint density at radius 1 is 1.24 bits per heavy atom. The molecule has 0 aromatic heterocycles. The number of nitrogens with one attached hydrogen (secondary N) is 2. The molecule has 1 heterocycles. The van der Waals surface area contributed by atoms with Gasteiger partial charge in [-0.15, -0.1) is 0 Å². The SMILES string of the molecule is O=C1CC[C@@H](NC(=O)C2(Cc3cccc(F)c3)CCCCC2)C(=O)N1. The van der Waals surface area contributed by atoms with Crippen molar-refractivity contribution >= 4 is 17.7 Å². The van der Waals surface area contributed by atoms with Gasteiger partial charge in [0.15, 0.2) is 0 Å². The first-order chi connectivity index (χ1) is 12.0. The van der Waals surface area contributed by atoms with Gasteiger partial charge >= 0.3 is 0 Å². The monoisotopic (exact) mass is 346 g/mol. The summed E-state index contributed by atoms with van der Waals surface area (Å²) < 4.78 is 13.5. The van der Waals surface area contributed by atoms with Gasteiger partial charge in [-0.1, -0.05) is 31.4 Å². The van der Waals surface area contributed by atoms with Crippen LogP contribution in [0.5, 0.6) is 0 Å². The Morgan fingerprint density at radius 3 is 2.68 bits per heavy atom. The van der Waals surface area contributed by atoms with Crippen molar-refractivity contribution in [2.24, 2.45) is 5.41 Å². The van der Waals surface area contributed by atoms with E-state index in [2.05, 4.69) is 10.6 Å². The number of hydrogen-bond donors (Lipinski definition) is 2. The molecular formula is C19H23FN2O3. The van der Waals surface area contributed by atoms with E-state index in [0.29, 0.717) is 12.8 Å². The Morgan fingerprint density at radius 2 is 2.00 bits per heavy atom. The van der Waals surface area contributed by atoms with E-state index in [1.807, 2.05) is 6.07 Å². The molecule has 6 heteroatoms. The zero-order valence-electron chi connectivity index (χ0n) is 14.1. The predicted molar refractivity (Wildman–Crippen MR) is 89.9 cm³/mol. The number of carbonyl (C=O) groups excluding carboxylic acids is 3. The van der Waals surface area contributed by atoms with E-state index in [1.165, 1.54) is 12.1 Å². The molecule has 0 spiro atoms. The summed E-state index contributed by atoms with van der Waals surface area (Å²) in [6, 6.07) is 5.67. The maximum atomic E-state index is 13.5. The molecule has 0 bridgehead atoms. The highest BCUT2D eigenvalue weighted by molar-refractivity contribution is 6.02. The van der Waals surface area contributed by atoms with Crippen LogP contribution in [0.1, 0.15) is 50.5 Å². The van der Waals surface area contributed by atoms with E-state index in [1.54, 1.807) is 6.07 Å². The summed E-state index contributed by atoms with van der Waals surface area (Å²) in [5.74, 6) is -1.22. The Labute approximate surface area is 146 Å². The van der Waals surface area contributed by atoms with E-state index >= 15 is 0 Å². The summed E-state index contributed by atoms with van der Waals surface area (Å²) in [4.78, 5) is 36.2. The third-order valence-electron chi connectivity index (χ3n) is 5.27. The molecule has 1 atom stereocenters. The van der Waals surface area contributed by atoms with Crippen LogP contribution in [0.25, 0.3) is 0 Å². The molecule has 0 radical (unpaired) electrons. The van der Waals surface area contributed by atoms with Crippen LogP contribution < -0.4 is 10.6 Å². The topological polar surface area (TPSA) is 75.3 Å².